The van der Waals surface area contributed by atoms with Crippen molar-refractivity contribution in [2.75, 3.05) is 4.90 Å². The lowest BCUT2D eigenvalue weighted by atomic mass is 9.74. The van der Waals surface area contributed by atoms with Gasteiger partial charge in [0, 0.05) is 27.9 Å². The maximum Gasteiger partial charge on any atom is 0.0474 e. The molecule has 2 unspecified atom stereocenters. The molecule has 57 heavy (non-hydrogen) atoms. The molecular weight excluding hydrogens is 687 g/mol. The summed E-state index contributed by atoms with van der Waals surface area (Å²) in [7, 11) is 0. The van der Waals surface area contributed by atoms with E-state index in [0.717, 1.165) is 29.9 Å². The summed E-state index contributed by atoms with van der Waals surface area (Å²) in [6, 6.07) is 55.7. The number of aryl methyl sites for hydroxylation is 2. The van der Waals surface area contributed by atoms with Gasteiger partial charge in [-0.25, -0.2) is 0 Å². The molecule has 7 aromatic rings. The van der Waals surface area contributed by atoms with Crippen LogP contribution < -0.4 is 4.90 Å². The fraction of sp³-hybridized carbons (Fsp3) is 0.250. The van der Waals surface area contributed by atoms with E-state index in [-0.39, 0.29) is 16.2 Å². The lowest BCUT2D eigenvalue weighted by Gasteiger charge is -2.33. The molecule has 0 aromatic heterocycles. The van der Waals surface area contributed by atoms with Gasteiger partial charge in [0.25, 0.3) is 0 Å². The molecule has 2 aliphatic rings. The minimum atomic E-state index is -0.159. The number of hydrogen-bond acceptors (Lipinski definition) is 1. The minimum absolute atomic E-state index is 0.0558. The van der Waals surface area contributed by atoms with Crippen molar-refractivity contribution in [3.05, 3.63) is 185 Å². The molecule has 0 spiro atoms. The molecule has 0 bridgehead atoms. The third-order valence-electron chi connectivity index (χ3n) is 13.6. The van der Waals surface area contributed by atoms with Crippen LogP contribution in [0.1, 0.15) is 100 Å². The van der Waals surface area contributed by atoms with Gasteiger partial charge in [-0.15, -0.1) is 0 Å². The summed E-state index contributed by atoms with van der Waals surface area (Å²) >= 11 is 0. The molecular formula is C56H55N. The van der Waals surface area contributed by atoms with Crippen LogP contribution in [0.5, 0.6) is 0 Å². The van der Waals surface area contributed by atoms with E-state index < -0.39 is 0 Å². The molecule has 7 aromatic carbocycles. The maximum absolute atomic E-state index is 2.53. The van der Waals surface area contributed by atoms with Crippen molar-refractivity contribution in [2.45, 2.75) is 91.4 Å². The van der Waals surface area contributed by atoms with E-state index in [2.05, 4.69) is 213 Å². The largest absolute Gasteiger partial charge is 0.310 e. The van der Waals surface area contributed by atoms with Crippen LogP contribution in [0, 0.1) is 13.8 Å². The van der Waals surface area contributed by atoms with Crippen LogP contribution in [0.15, 0.2) is 146 Å². The van der Waals surface area contributed by atoms with Crippen LogP contribution in [-0.2, 0) is 16.2 Å². The van der Waals surface area contributed by atoms with Crippen LogP contribution >= 0.6 is 0 Å². The molecule has 9 rings (SSSR count). The Morgan fingerprint density at radius 1 is 0.421 bits per heavy atom. The molecule has 1 nitrogen and oxygen atoms in total. The highest BCUT2D eigenvalue weighted by molar-refractivity contribution is 5.92. The van der Waals surface area contributed by atoms with Crippen molar-refractivity contribution in [1.29, 1.82) is 0 Å². The monoisotopic (exact) mass is 741 g/mol. The molecule has 0 N–H and O–H groups in total. The first-order valence-electron chi connectivity index (χ1n) is 21.0. The number of nitrogens with zero attached hydrogens (tertiary/aromatic N) is 1. The summed E-state index contributed by atoms with van der Waals surface area (Å²) in [4.78, 5) is 2.46. The molecule has 0 fully saturated rings. The van der Waals surface area contributed by atoms with E-state index in [0.29, 0.717) is 0 Å². The van der Waals surface area contributed by atoms with Crippen molar-refractivity contribution in [3.63, 3.8) is 0 Å². The van der Waals surface area contributed by atoms with Crippen LogP contribution in [0.3, 0.4) is 0 Å². The fourth-order valence-corrected chi connectivity index (χ4v) is 10.1. The van der Waals surface area contributed by atoms with Gasteiger partial charge in [0.2, 0.25) is 0 Å². The molecule has 2 aliphatic carbocycles. The van der Waals surface area contributed by atoms with Gasteiger partial charge in [0.1, 0.15) is 0 Å². The Labute approximate surface area is 341 Å². The lowest BCUT2D eigenvalue weighted by Crippen LogP contribution is -2.20. The Kier molecular flexibility index (Phi) is 8.74. The highest BCUT2D eigenvalue weighted by Gasteiger charge is 2.40. The summed E-state index contributed by atoms with van der Waals surface area (Å²) in [5.41, 5.74) is 23.4. The first-order valence-corrected chi connectivity index (χ1v) is 21.0. The summed E-state index contributed by atoms with van der Waals surface area (Å²) in [6.07, 6.45) is 2.08. The fourth-order valence-electron chi connectivity index (χ4n) is 10.1. The van der Waals surface area contributed by atoms with Crippen molar-refractivity contribution in [2.24, 2.45) is 0 Å². The topological polar surface area (TPSA) is 3.24 Å². The minimum Gasteiger partial charge on any atom is -0.310 e. The van der Waals surface area contributed by atoms with Crippen molar-refractivity contribution < 1.29 is 0 Å². The van der Waals surface area contributed by atoms with E-state index in [4.69, 9.17) is 0 Å². The molecule has 0 saturated heterocycles. The highest BCUT2D eigenvalue weighted by atomic mass is 15.1. The van der Waals surface area contributed by atoms with E-state index in [9.17, 15) is 0 Å². The van der Waals surface area contributed by atoms with Crippen LogP contribution in [0.4, 0.5) is 17.1 Å². The predicted molar refractivity (Wildman–Crippen MR) is 245 cm³/mol. The molecule has 1 heteroatoms. The molecule has 284 valence electrons. The SMILES string of the molecule is CCC1(C)c2ccccc2-c2ccc(-c3cc(N(c4ccc(C)cc4)c4ccc(C)cc4)cc(-c4ccc5c(c4)C(C)(CC)c4ccccc4-5)c3C(C)(C)C)cc21. The Balaban J connectivity index is 1.35. The normalized spacial score (nSPS) is 17.8. The standard InChI is InChI=1S/C56H55N/c1-10-55(8)49-18-14-12-16-43(49)45-30-24-38(32-51(45)55)47-34-42(57(40-26-20-36(3)21-27-40)41-28-22-37(4)23-29-41)35-48(53(47)54(5,6)7)39-25-31-46-44-17-13-15-19-50(44)56(9,11-2)52(46)33-39/h12-35H,10-11H2,1-9H3. The Morgan fingerprint density at radius 2 is 0.807 bits per heavy atom. The average Bonchev–Trinajstić information content (AvgIpc) is 3.63. The molecule has 0 heterocycles. The quantitative estimate of drug-likeness (QED) is 0.157. The van der Waals surface area contributed by atoms with Gasteiger partial charge >= 0.3 is 0 Å². The van der Waals surface area contributed by atoms with Crippen LogP contribution in [0.25, 0.3) is 44.5 Å². The Hall–Kier alpha value is -5.66. The number of rotatable bonds is 7. The maximum atomic E-state index is 2.53. The van der Waals surface area contributed by atoms with E-state index in [1.807, 2.05) is 0 Å². The summed E-state index contributed by atoms with van der Waals surface area (Å²) < 4.78 is 0. The van der Waals surface area contributed by atoms with Gasteiger partial charge in [-0.2, -0.15) is 0 Å². The summed E-state index contributed by atoms with van der Waals surface area (Å²) in [5, 5.41) is 0. The Morgan fingerprint density at radius 3 is 1.19 bits per heavy atom. The van der Waals surface area contributed by atoms with Crippen LogP contribution in [0.2, 0.25) is 0 Å². The molecule has 0 aliphatic heterocycles. The second-order valence-corrected chi connectivity index (χ2v) is 18.2. The smallest absolute Gasteiger partial charge is 0.0474 e. The van der Waals surface area contributed by atoms with Gasteiger partial charge in [-0.05, 0) is 153 Å². The van der Waals surface area contributed by atoms with Gasteiger partial charge in [0.15, 0.2) is 0 Å². The lowest BCUT2D eigenvalue weighted by molar-refractivity contribution is 0.564. The molecule has 0 saturated carbocycles. The van der Waals surface area contributed by atoms with Gasteiger partial charge in [0.05, 0.1) is 0 Å². The second-order valence-electron chi connectivity index (χ2n) is 18.2. The van der Waals surface area contributed by atoms with Crippen LogP contribution in [-0.4, -0.2) is 0 Å². The number of fused-ring (bicyclic) bond motifs is 6. The zero-order valence-corrected chi connectivity index (χ0v) is 35.2. The first kappa shape index (κ1) is 36.9. The first-order chi connectivity index (χ1) is 27.4. The van der Waals surface area contributed by atoms with E-state index >= 15 is 0 Å². The summed E-state index contributed by atoms with van der Waals surface area (Å²) in [6.45, 7) is 21.1. The van der Waals surface area contributed by atoms with Gasteiger partial charge in [-0.1, -0.05) is 157 Å². The third kappa shape index (κ3) is 5.81. The zero-order valence-electron chi connectivity index (χ0n) is 35.2. The summed E-state index contributed by atoms with van der Waals surface area (Å²) in [5.74, 6) is 0. The van der Waals surface area contributed by atoms with E-state index in [1.165, 1.54) is 83.5 Å². The van der Waals surface area contributed by atoms with Crippen molar-refractivity contribution in [3.8, 4) is 44.5 Å². The predicted octanol–water partition coefficient (Wildman–Crippen LogP) is 15.8. The number of benzene rings is 7. The third-order valence-corrected chi connectivity index (χ3v) is 13.6. The molecule has 0 radical (unpaired) electrons. The zero-order chi connectivity index (χ0) is 39.9. The van der Waals surface area contributed by atoms with E-state index in [1.54, 1.807) is 0 Å². The van der Waals surface area contributed by atoms with Crippen molar-refractivity contribution >= 4 is 17.1 Å². The Bertz CT molecular complexity index is 2490. The van der Waals surface area contributed by atoms with Gasteiger partial charge < -0.3 is 4.90 Å². The second kappa shape index (κ2) is 13.5. The highest BCUT2D eigenvalue weighted by Crippen LogP contribution is 2.55. The van der Waals surface area contributed by atoms with Gasteiger partial charge in [-0.3, -0.25) is 0 Å². The number of hydrogen-bond donors (Lipinski definition) is 0. The number of anilines is 3. The molecule has 2 atom stereocenters. The van der Waals surface area contributed by atoms with Crippen molar-refractivity contribution in [1.82, 2.24) is 0 Å². The average molecular weight is 742 g/mol. The molecule has 0 amide bonds.